The van der Waals surface area contributed by atoms with Gasteiger partial charge in [0.05, 0.1) is 24.7 Å². The number of nitrogens with zero attached hydrogens (tertiary/aromatic N) is 1. The van der Waals surface area contributed by atoms with Crippen molar-refractivity contribution in [2.45, 2.75) is 103 Å². The minimum absolute atomic E-state index is 0.0751. The van der Waals surface area contributed by atoms with E-state index in [4.69, 9.17) is 28.4 Å². The first-order valence-electron chi connectivity index (χ1n) is 20.7. The molecule has 0 aromatic heterocycles. The number of amides is 1. The van der Waals surface area contributed by atoms with Gasteiger partial charge in [0, 0.05) is 38.9 Å². The van der Waals surface area contributed by atoms with Gasteiger partial charge in [0.15, 0.2) is 18.3 Å². The van der Waals surface area contributed by atoms with Crippen molar-refractivity contribution in [1.29, 1.82) is 0 Å². The lowest BCUT2D eigenvalue weighted by atomic mass is 9.77. The van der Waals surface area contributed by atoms with Crippen LogP contribution in [0.5, 0.6) is 5.75 Å². The molecule has 328 valence electrons. The molecule has 2 heterocycles. The summed E-state index contributed by atoms with van der Waals surface area (Å²) in [5.74, 6) is -3.09. The number of ether oxygens (including phenoxy) is 6. The van der Waals surface area contributed by atoms with Crippen molar-refractivity contribution in [2.24, 2.45) is 5.92 Å². The number of aliphatic hydroxyl groups is 1. The van der Waals surface area contributed by atoms with Gasteiger partial charge in [-0.1, -0.05) is 80.1 Å². The summed E-state index contributed by atoms with van der Waals surface area (Å²) in [5, 5.41) is 11.0. The van der Waals surface area contributed by atoms with Crippen LogP contribution in [-0.2, 0) is 47.7 Å². The summed E-state index contributed by atoms with van der Waals surface area (Å²) < 4.78 is 48.5. The molecule has 0 saturated carbocycles. The topological polar surface area (TPSA) is 164 Å². The van der Waals surface area contributed by atoms with E-state index in [1.807, 2.05) is 60.7 Å². The molecule has 2 aliphatic rings. The third kappa shape index (κ3) is 10.8. The van der Waals surface area contributed by atoms with Gasteiger partial charge in [0.25, 0.3) is 0 Å². The first kappa shape index (κ1) is 45.4. The molecule has 0 radical (unpaired) electrons. The molecule has 4 aromatic carbocycles. The second-order valence-electron chi connectivity index (χ2n) is 15.4. The van der Waals surface area contributed by atoms with Gasteiger partial charge in [-0.2, -0.15) is 0 Å². The predicted octanol–water partition coefficient (Wildman–Crippen LogP) is 7.69. The lowest BCUT2D eigenvalue weighted by Gasteiger charge is -2.48. The summed E-state index contributed by atoms with van der Waals surface area (Å²) in [6.07, 6.45) is -4.49. The standard InChI is InChI=1S/C48H52FNO12/c1-6-7-25-57-41-26-35(19-22-38(41)43-39(48(56)50(43)37-11-9-8-10-12-37)23-24-40(55)33-17-20-36(49)21-18-33)32-13-15-34(16-14-32)44-46(60-30(4)53)47(61-31(5)54)45(59-29(3)52)42(62-44)27-58-28(2)51/h8-22,26,39-40,42-47,55H,6-7,23-25,27H2,1-5H3/t39-,40+,42-,43-,44?,45-,46+,47+/m1/s1. The second-order valence-corrected chi connectivity index (χ2v) is 15.4. The van der Waals surface area contributed by atoms with Crippen LogP contribution >= 0.6 is 0 Å². The SMILES string of the molecule is CCCCOc1cc(-c2ccc(C3O[C@H](COC(C)=O)[C@@H](OC(C)=O)[C@H](OC(C)=O)[C@H]3OC(C)=O)cc2)ccc1[C@@H]1[C@@H](CC[C@H](O)c2ccc(F)cc2)C(=O)N1c1ccccc1. The van der Waals surface area contributed by atoms with Crippen LogP contribution in [0.2, 0.25) is 0 Å². The molecule has 13 nitrogen and oxygen atoms in total. The minimum atomic E-state index is -1.31. The molecule has 2 fully saturated rings. The average Bonchev–Trinajstić information content (AvgIpc) is 3.24. The van der Waals surface area contributed by atoms with Crippen molar-refractivity contribution in [1.82, 2.24) is 0 Å². The fourth-order valence-electron chi connectivity index (χ4n) is 8.02. The van der Waals surface area contributed by atoms with E-state index in [1.54, 1.807) is 29.2 Å². The van der Waals surface area contributed by atoms with Crippen molar-refractivity contribution in [2.75, 3.05) is 18.1 Å². The van der Waals surface area contributed by atoms with E-state index < -0.39 is 78.3 Å². The largest absolute Gasteiger partial charge is 0.493 e. The quantitative estimate of drug-likeness (QED) is 0.0478. The molecule has 0 bridgehead atoms. The third-order valence-corrected chi connectivity index (χ3v) is 10.9. The van der Waals surface area contributed by atoms with Gasteiger partial charge in [0.2, 0.25) is 5.91 Å². The molecule has 0 spiro atoms. The van der Waals surface area contributed by atoms with Gasteiger partial charge < -0.3 is 38.4 Å². The Balaban J connectivity index is 1.33. The summed E-state index contributed by atoms with van der Waals surface area (Å²) in [6.45, 7) is 6.91. The molecule has 8 atom stereocenters. The van der Waals surface area contributed by atoms with E-state index in [0.29, 0.717) is 29.9 Å². The van der Waals surface area contributed by atoms with E-state index in [1.165, 1.54) is 39.8 Å². The number of para-hydroxylation sites is 1. The predicted molar refractivity (Wildman–Crippen MR) is 224 cm³/mol. The van der Waals surface area contributed by atoms with Crippen molar-refractivity contribution in [3.8, 4) is 16.9 Å². The van der Waals surface area contributed by atoms with Crippen LogP contribution in [0.3, 0.4) is 0 Å². The number of halogens is 1. The number of β-lactam (4-membered cyclic amide) rings is 1. The Bertz CT molecular complexity index is 2200. The van der Waals surface area contributed by atoms with E-state index in [0.717, 1.165) is 35.2 Å². The van der Waals surface area contributed by atoms with Gasteiger partial charge in [-0.15, -0.1) is 0 Å². The van der Waals surface area contributed by atoms with Gasteiger partial charge in [0.1, 0.15) is 30.4 Å². The zero-order valence-electron chi connectivity index (χ0n) is 35.4. The summed E-state index contributed by atoms with van der Waals surface area (Å²) in [4.78, 5) is 64.5. The van der Waals surface area contributed by atoms with Gasteiger partial charge in [-0.3, -0.25) is 24.0 Å². The highest BCUT2D eigenvalue weighted by molar-refractivity contribution is 6.03. The highest BCUT2D eigenvalue weighted by Crippen LogP contribution is 2.49. The van der Waals surface area contributed by atoms with Crippen LogP contribution < -0.4 is 9.64 Å². The molecular weight excluding hydrogens is 802 g/mol. The van der Waals surface area contributed by atoms with Crippen LogP contribution in [0, 0.1) is 11.7 Å². The number of anilines is 1. The van der Waals surface area contributed by atoms with Crippen molar-refractivity contribution in [3.63, 3.8) is 0 Å². The second kappa shape index (κ2) is 20.6. The number of benzene rings is 4. The highest BCUT2D eigenvalue weighted by Gasteiger charge is 2.53. The van der Waals surface area contributed by atoms with E-state index >= 15 is 0 Å². The average molecular weight is 854 g/mol. The third-order valence-electron chi connectivity index (χ3n) is 10.9. The van der Waals surface area contributed by atoms with Crippen LogP contribution in [0.4, 0.5) is 10.1 Å². The first-order chi connectivity index (χ1) is 29.7. The smallest absolute Gasteiger partial charge is 0.303 e. The van der Waals surface area contributed by atoms with Crippen LogP contribution in [0.25, 0.3) is 11.1 Å². The number of hydrogen-bond acceptors (Lipinski definition) is 12. The van der Waals surface area contributed by atoms with E-state index in [2.05, 4.69) is 6.92 Å². The summed E-state index contributed by atoms with van der Waals surface area (Å²) in [5.41, 5.74) is 4.23. The Kier molecular flexibility index (Phi) is 15.1. The Hall–Kier alpha value is -6.12. The zero-order chi connectivity index (χ0) is 44.5. The fraction of sp³-hybridized carbons (Fsp3) is 0.396. The fourth-order valence-corrected chi connectivity index (χ4v) is 8.02. The van der Waals surface area contributed by atoms with Crippen molar-refractivity contribution >= 4 is 35.5 Å². The number of unbranched alkanes of at least 4 members (excludes halogenated alkanes) is 1. The number of carbonyl (C=O) groups is 5. The maximum Gasteiger partial charge on any atom is 0.303 e. The summed E-state index contributed by atoms with van der Waals surface area (Å²) >= 11 is 0. The molecule has 2 aliphatic heterocycles. The van der Waals surface area contributed by atoms with Crippen molar-refractivity contribution in [3.05, 3.63) is 120 Å². The Morgan fingerprint density at radius 2 is 1.40 bits per heavy atom. The van der Waals surface area contributed by atoms with E-state index in [-0.39, 0.29) is 18.9 Å². The maximum absolute atomic E-state index is 13.9. The number of rotatable bonds is 17. The maximum atomic E-state index is 13.9. The number of esters is 4. The normalized spacial score (nSPS) is 22.5. The van der Waals surface area contributed by atoms with Crippen LogP contribution in [0.15, 0.2) is 97.1 Å². The Morgan fingerprint density at radius 3 is 2.03 bits per heavy atom. The molecule has 62 heavy (non-hydrogen) atoms. The molecule has 6 rings (SSSR count). The molecule has 14 heteroatoms. The zero-order valence-corrected chi connectivity index (χ0v) is 35.4. The van der Waals surface area contributed by atoms with Crippen LogP contribution in [-0.4, -0.2) is 72.5 Å². The highest BCUT2D eigenvalue weighted by atomic mass is 19.1. The Labute approximate surface area is 360 Å². The molecule has 2 saturated heterocycles. The molecule has 4 aromatic rings. The molecule has 1 unspecified atom stereocenters. The molecule has 0 aliphatic carbocycles. The summed E-state index contributed by atoms with van der Waals surface area (Å²) in [7, 11) is 0. The van der Waals surface area contributed by atoms with E-state index in [9.17, 15) is 33.5 Å². The number of aliphatic hydroxyl groups excluding tert-OH is 1. The minimum Gasteiger partial charge on any atom is -0.493 e. The molecular formula is C48H52FNO12. The van der Waals surface area contributed by atoms with Gasteiger partial charge >= 0.3 is 23.9 Å². The van der Waals surface area contributed by atoms with Crippen LogP contribution in [0.1, 0.15) is 95.2 Å². The number of hydrogen-bond donors (Lipinski definition) is 1. The summed E-state index contributed by atoms with van der Waals surface area (Å²) in [6, 6.07) is 27.8. The lowest BCUT2D eigenvalue weighted by molar-refractivity contribution is -0.254. The Morgan fingerprint density at radius 1 is 0.774 bits per heavy atom. The van der Waals surface area contributed by atoms with Gasteiger partial charge in [-0.25, -0.2) is 4.39 Å². The first-order valence-corrected chi connectivity index (χ1v) is 20.7. The monoisotopic (exact) mass is 853 g/mol. The molecule has 1 N–H and O–H groups in total. The van der Waals surface area contributed by atoms with Gasteiger partial charge in [-0.05, 0) is 71.8 Å². The molecule has 1 amide bonds. The van der Waals surface area contributed by atoms with Crippen molar-refractivity contribution < 1.29 is 61.9 Å². The number of carbonyl (C=O) groups excluding carboxylic acids is 5. The lowest BCUT2D eigenvalue weighted by Crippen LogP contribution is -2.59.